The summed E-state index contributed by atoms with van der Waals surface area (Å²) in [6.07, 6.45) is 1.98. The van der Waals surface area contributed by atoms with E-state index in [0.717, 1.165) is 15.4 Å². The Kier molecular flexibility index (Phi) is 5.90. The zero-order valence-corrected chi connectivity index (χ0v) is 12.9. The molecule has 21 heavy (non-hydrogen) atoms. The number of hydrogen-bond donors (Lipinski definition) is 1. The zero-order chi connectivity index (χ0) is 15.1. The first-order valence-electron chi connectivity index (χ1n) is 7.05. The SMILES string of the molecule is CCOC(=O)c1nc(Cc2ccccc2)sc1CCCO. The quantitative estimate of drug-likeness (QED) is 0.799. The molecule has 5 heteroatoms. The number of nitrogens with zero attached hydrogens (tertiary/aromatic N) is 1. The number of aryl methyl sites for hydroxylation is 1. The molecule has 1 heterocycles. The predicted octanol–water partition coefficient (Wildman–Crippen LogP) is 2.84. The highest BCUT2D eigenvalue weighted by molar-refractivity contribution is 7.12. The van der Waals surface area contributed by atoms with Crippen LogP contribution in [-0.2, 0) is 17.6 Å². The molecular weight excluding hydrogens is 286 g/mol. The number of ether oxygens (including phenoxy) is 1. The molecule has 4 nitrogen and oxygen atoms in total. The summed E-state index contributed by atoms with van der Waals surface area (Å²) < 4.78 is 5.05. The van der Waals surface area contributed by atoms with Gasteiger partial charge >= 0.3 is 5.97 Å². The molecule has 1 N–H and O–H groups in total. The summed E-state index contributed by atoms with van der Waals surface area (Å²) >= 11 is 1.53. The molecular formula is C16H19NO3S. The summed E-state index contributed by atoms with van der Waals surface area (Å²) in [5, 5.41) is 9.87. The molecule has 0 saturated carbocycles. The van der Waals surface area contributed by atoms with Gasteiger partial charge in [0, 0.05) is 17.9 Å². The molecule has 0 spiro atoms. The van der Waals surface area contributed by atoms with E-state index in [1.807, 2.05) is 30.3 Å². The van der Waals surface area contributed by atoms with Gasteiger partial charge in [-0.1, -0.05) is 30.3 Å². The number of benzene rings is 1. The normalized spacial score (nSPS) is 10.6. The minimum atomic E-state index is -0.374. The van der Waals surface area contributed by atoms with E-state index in [4.69, 9.17) is 9.84 Å². The van der Waals surface area contributed by atoms with Gasteiger partial charge in [-0.15, -0.1) is 11.3 Å². The van der Waals surface area contributed by atoms with Crippen LogP contribution in [0.5, 0.6) is 0 Å². The molecule has 0 saturated heterocycles. The zero-order valence-electron chi connectivity index (χ0n) is 12.0. The maximum Gasteiger partial charge on any atom is 0.358 e. The van der Waals surface area contributed by atoms with E-state index in [9.17, 15) is 4.79 Å². The van der Waals surface area contributed by atoms with Gasteiger partial charge in [0.25, 0.3) is 0 Å². The van der Waals surface area contributed by atoms with E-state index in [1.54, 1.807) is 6.92 Å². The third kappa shape index (κ3) is 4.37. The highest BCUT2D eigenvalue weighted by Crippen LogP contribution is 2.23. The van der Waals surface area contributed by atoms with Crippen molar-refractivity contribution in [1.29, 1.82) is 0 Å². The molecule has 0 radical (unpaired) electrons. The molecule has 0 aliphatic rings. The Morgan fingerprint density at radius 2 is 2.10 bits per heavy atom. The Bertz CT molecular complexity index is 580. The predicted molar refractivity (Wildman–Crippen MR) is 82.7 cm³/mol. The lowest BCUT2D eigenvalue weighted by atomic mass is 10.2. The van der Waals surface area contributed by atoms with Gasteiger partial charge in [0.2, 0.25) is 0 Å². The van der Waals surface area contributed by atoms with Crippen molar-refractivity contribution in [3.8, 4) is 0 Å². The van der Waals surface area contributed by atoms with E-state index in [0.29, 0.717) is 31.6 Å². The standard InChI is InChI=1S/C16H19NO3S/c1-2-20-16(19)15-13(9-6-10-18)21-14(17-15)11-12-7-4-3-5-8-12/h3-5,7-8,18H,2,6,9-11H2,1H3. The molecule has 0 fully saturated rings. The molecule has 0 bridgehead atoms. The molecule has 2 rings (SSSR count). The van der Waals surface area contributed by atoms with E-state index < -0.39 is 0 Å². The summed E-state index contributed by atoms with van der Waals surface area (Å²) in [6.45, 7) is 2.22. The molecule has 0 unspecified atom stereocenters. The van der Waals surface area contributed by atoms with Crippen LogP contribution in [0.2, 0.25) is 0 Å². The average Bonchev–Trinajstić information content (AvgIpc) is 2.89. The van der Waals surface area contributed by atoms with Crippen molar-refractivity contribution < 1.29 is 14.6 Å². The van der Waals surface area contributed by atoms with E-state index in [-0.39, 0.29) is 12.6 Å². The first-order valence-corrected chi connectivity index (χ1v) is 7.86. The fourth-order valence-electron chi connectivity index (χ4n) is 2.01. The number of carbonyl (C=O) groups is 1. The van der Waals surface area contributed by atoms with Crippen molar-refractivity contribution in [3.05, 3.63) is 51.5 Å². The van der Waals surface area contributed by atoms with Crippen molar-refractivity contribution in [2.45, 2.75) is 26.2 Å². The molecule has 0 atom stereocenters. The van der Waals surface area contributed by atoms with Crippen molar-refractivity contribution >= 4 is 17.3 Å². The van der Waals surface area contributed by atoms with Crippen molar-refractivity contribution in [2.24, 2.45) is 0 Å². The number of esters is 1. The summed E-state index contributed by atoms with van der Waals surface area (Å²) in [5.74, 6) is -0.374. The summed E-state index contributed by atoms with van der Waals surface area (Å²) in [5.41, 5.74) is 1.57. The van der Waals surface area contributed by atoms with Gasteiger partial charge in [-0.3, -0.25) is 0 Å². The lowest BCUT2D eigenvalue weighted by Crippen LogP contribution is -2.08. The third-order valence-electron chi connectivity index (χ3n) is 2.97. The first kappa shape index (κ1) is 15.7. The van der Waals surface area contributed by atoms with Crippen LogP contribution in [0.4, 0.5) is 0 Å². The van der Waals surface area contributed by atoms with Gasteiger partial charge in [-0.2, -0.15) is 0 Å². The highest BCUT2D eigenvalue weighted by Gasteiger charge is 2.19. The highest BCUT2D eigenvalue weighted by atomic mass is 32.1. The second kappa shape index (κ2) is 7.90. The fourth-order valence-corrected chi connectivity index (χ4v) is 3.15. The van der Waals surface area contributed by atoms with E-state index >= 15 is 0 Å². The Hall–Kier alpha value is -1.72. The van der Waals surface area contributed by atoms with E-state index in [1.165, 1.54) is 11.3 Å². The van der Waals surface area contributed by atoms with Gasteiger partial charge < -0.3 is 9.84 Å². The smallest absolute Gasteiger partial charge is 0.358 e. The average molecular weight is 305 g/mol. The van der Waals surface area contributed by atoms with Crippen molar-refractivity contribution in [3.63, 3.8) is 0 Å². The Morgan fingerprint density at radius 1 is 1.33 bits per heavy atom. The number of rotatable bonds is 7. The maximum atomic E-state index is 12.0. The van der Waals surface area contributed by atoms with Crippen LogP contribution in [0.25, 0.3) is 0 Å². The number of carbonyl (C=O) groups excluding carboxylic acids is 1. The second-order valence-electron chi connectivity index (χ2n) is 4.59. The van der Waals surface area contributed by atoms with Crippen LogP contribution in [0.15, 0.2) is 30.3 Å². The molecule has 0 aliphatic heterocycles. The number of aromatic nitrogens is 1. The van der Waals surface area contributed by atoms with E-state index in [2.05, 4.69) is 4.98 Å². The Labute approximate surface area is 128 Å². The lowest BCUT2D eigenvalue weighted by molar-refractivity contribution is 0.0518. The minimum absolute atomic E-state index is 0.105. The lowest BCUT2D eigenvalue weighted by Gasteiger charge is -2.00. The van der Waals surface area contributed by atoms with Crippen molar-refractivity contribution in [2.75, 3.05) is 13.2 Å². The number of aliphatic hydroxyl groups is 1. The van der Waals surface area contributed by atoms with Crippen molar-refractivity contribution in [1.82, 2.24) is 4.98 Å². The molecule has 112 valence electrons. The Balaban J connectivity index is 2.20. The first-order chi connectivity index (χ1) is 10.2. The van der Waals surface area contributed by atoms with Crippen LogP contribution < -0.4 is 0 Å². The van der Waals surface area contributed by atoms with Gasteiger partial charge in [-0.05, 0) is 25.3 Å². The van der Waals surface area contributed by atoms with Crippen LogP contribution >= 0.6 is 11.3 Å². The molecule has 0 aliphatic carbocycles. The summed E-state index contributed by atoms with van der Waals surface area (Å²) in [6, 6.07) is 10.0. The molecule has 1 aromatic heterocycles. The molecule has 1 aromatic carbocycles. The van der Waals surface area contributed by atoms with Crippen LogP contribution in [0, 0.1) is 0 Å². The number of aliphatic hydroxyl groups excluding tert-OH is 1. The topological polar surface area (TPSA) is 59.4 Å². The van der Waals surface area contributed by atoms with Crippen LogP contribution in [0.1, 0.15) is 39.3 Å². The molecule has 0 amide bonds. The number of hydrogen-bond acceptors (Lipinski definition) is 5. The maximum absolute atomic E-state index is 12.0. The minimum Gasteiger partial charge on any atom is -0.461 e. The largest absolute Gasteiger partial charge is 0.461 e. The summed E-state index contributed by atoms with van der Waals surface area (Å²) in [7, 11) is 0. The summed E-state index contributed by atoms with van der Waals surface area (Å²) in [4.78, 5) is 17.3. The van der Waals surface area contributed by atoms with Gasteiger partial charge in [0.1, 0.15) is 0 Å². The Morgan fingerprint density at radius 3 is 2.76 bits per heavy atom. The second-order valence-corrected chi connectivity index (χ2v) is 5.76. The third-order valence-corrected chi connectivity index (χ3v) is 4.09. The fraction of sp³-hybridized carbons (Fsp3) is 0.375. The monoisotopic (exact) mass is 305 g/mol. The van der Waals surface area contributed by atoms with Gasteiger partial charge in [0.15, 0.2) is 5.69 Å². The number of thiazole rings is 1. The van der Waals surface area contributed by atoms with Crippen LogP contribution in [-0.4, -0.2) is 29.3 Å². The van der Waals surface area contributed by atoms with Crippen LogP contribution in [0.3, 0.4) is 0 Å². The van der Waals surface area contributed by atoms with Gasteiger partial charge in [0.05, 0.1) is 11.6 Å². The van der Waals surface area contributed by atoms with Gasteiger partial charge in [-0.25, -0.2) is 9.78 Å². The molecule has 2 aromatic rings.